The first-order valence-electron chi connectivity index (χ1n) is 5.92. The summed E-state index contributed by atoms with van der Waals surface area (Å²) in [6, 6.07) is 5.92. The summed E-state index contributed by atoms with van der Waals surface area (Å²) in [5.74, 6) is 0.819. The van der Waals surface area contributed by atoms with Gasteiger partial charge in [-0.1, -0.05) is 31.5 Å². The molecule has 0 aromatic heterocycles. The van der Waals surface area contributed by atoms with E-state index in [1.54, 1.807) is 6.08 Å². The van der Waals surface area contributed by atoms with Crippen molar-refractivity contribution in [2.45, 2.75) is 32.6 Å². The number of para-hydroxylation sites is 1. The molecule has 16 heavy (non-hydrogen) atoms. The van der Waals surface area contributed by atoms with Crippen LogP contribution in [0.2, 0.25) is 0 Å². The topological polar surface area (TPSA) is 9.23 Å². The van der Waals surface area contributed by atoms with E-state index < -0.39 is 0 Å². The molecule has 0 radical (unpaired) electrons. The van der Waals surface area contributed by atoms with Gasteiger partial charge < -0.3 is 4.74 Å². The summed E-state index contributed by atoms with van der Waals surface area (Å²) in [6.45, 7) is 2.79. The predicted molar refractivity (Wildman–Crippen MR) is 64.3 cm³/mol. The summed E-state index contributed by atoms with van der Waals surface area (Å²) in [5.41, 5.74) is 2.07. The highest BCUT2D eigenvalue weighted by atomic mass is 19.1. The van der Waals surface area contributed by atoms with E-state index in [1.165, 1.54) is 5.56 Å². The third kappa shape index (κ3) is 2.43. The highest BCUT2D eigenvalue weighted by Gasteiger charge is 2.14. The van der Waals surface area contributed by atoms with Crippen molar-refractivity contribution in [1.29, 1.82) is 0 Å². The van der Waals surface area contributed by atoms with E-state index in [9.17, 15) is 4.39 Å². The molecule has 0 aliphatic carbocycles. The second kappa shape index (κ2) is 5.15. The van der Waals surface area contributed by atoms with E-state index in [4.69, 9.17) is 4.74 Å². The van der Waals surface area contributed by atoms with Crippen molar-refractivity contribution in [2.24, 2.45) is 0 Å². The van der Waals surface area contributed by atoms with E-state index in [0.717, 1.165) is 37.2 Å². The number of allylic oxidation sites excluding steroid dienone is 1. The van der Waals surface area contributed by atoms with Crippen molar-refractivity contribution in [3.05, 3.63) is 35.2 Å². The summed E-state index contributed by atoms with van der Waals surface area (Å²) in [5, 5.41) is 0. The molecule has 0 saturated carbocycles. The summed E-state index contributed by atoms with van der Waals surface area (Å²) in [6.07, 6.45) is 5.00. The lowest BCUT2D eigenvalue weighted by Crippen LogP contribution is -1.88. The van der Waals surface area contributed by atoms with E-state index >= 15 is 0 Å². The molecule has 86 valence electrons. The normalized spacial score (nSPS) is 14.8. The van der Waals surface area contributed by atoms with Gasteiger partial charge in [0.15, 0.2) is 0 Å². The fraction of sp³-hybridized carbons (Fsp3) is 0.429. The standard InChI is InChI=1S/C14H17FO/c1-2-3-7-13(15)10-12-6-4-5-11-8-9-16-14(11)12/h4-6,10H,2-3,7-9H2,1H3/b13-10-. The van der Waals surface area contributed by atoms with Crippen LogP contribution in [-0.2, 0) is 6.42 Å². The third-order valence-electron chi connectivity index (χ3n) is 2.83. The van der Waals surface area contributed by atoms with Crippen LogP contribution in [0.25, 0.3) is 6.08 Å². The Morgan fingerprint density at radius 1 is 1.50 bits per heavy atom. The number of benzene rings is 1. The molecule has 0 bridgehead atoms. The first-order valence-corrected chi connectivity index (χ1v) is 5.92. The maximum Gasteiger partial charge on any atom is 0.129 e. The van der Waals surface area contributed by atoms with Crippen molar-refractivity contribution in [3.63, 3.8) is 0 Å². The van der Waals surface area contributed by atoms with Crippen molar-refractivity contribution >= 4 is 6.08 Å². The van der Waals surface area contributed by atoms with Gasteiger partial charge in [-0.05, 0) is 24.5 Å². The molecule has 0 fully saturated rings. The third-order valence-corrected chi connectivity index (χ3v) is 2.83. The van der Waals surface area contributed by atoms with Crippen molar-refractivity contribution < 1.29 is 9.13 Å². The Morgan fingerprint density at radius 2 is 2.38 bits per heavy atom. The second-order valence-corrected chi connectivity index (χ2v) is 4.13. The van der Waals surface area contributed by atoms with Gasteiger partial charge in [-0.25, -0.2) is 4.39 Å². The highest BCUT2D eigenvalue weighted by molar-refractivity contribution is 5.62. The first kappa shape index (κ1) is 11.2. The minimum Gasteiger partial charge on any atom is -0.492 e. The van der Waals surface area contributed by atoms with Crippen molar-refractivity contribution in [2.75, 3.05) is 6.61 Å². The van der Waals surface area contributed by atoms with Crippen molar-refractivity contribution in [3.8, 4) is 5.75 Å². The number of unbranched alkanes of at least 4 members (excludes halogenated alkanes) is 1. The molecule has 1 aromatic carbocycles. The highest BCUT2D eigenvalue weighted by Crippen LogP contribution is 2.31. The van der Waals surface area contributed by atoms with Crippen molar-refractivity contribution in [1.82, 2.24) is 0 Å². The van der Waals surface area contributed by atoms with Gasteiger partial charge in [0.2, 0.25) is 0 Å². The number of ether oxygens (including phenoxy) is 1. The average molecular weight is 220 g/mol. The lowest BCUT2D eigenvalue weighted by Gasteiger charge is -2.04. The maximum absolute atomic E-state index is 13.5. The van der Waals surface area contributed by atoms with Gasteiger partial charge in [0.05, 0.1) is 6.61 Å². The van der Waals surface area contributed by atoms with Crippen LogP contribution < -0.4 is 4.74 Å². The number of fused-ring (bicyclic) bond motifs is 1. The SMILES string of the molecule is CCCC/C(F)=C/c1cccc2c1OCC2. The van der Waals surface area contributed by atoms with E-state index in [0.29, 0.717) is 6.42 Å². The summed E-state index contributed by atoms with van der Waals surface area (Å²) in [4.78, 5) is 0. The Bertz CT molecular complexity index is 396. The minimum atomic E-state index is -0.0502. The molecule has 1 aromatic rings. The lowest BCUT2D eigenvalue weighted by atomic mass is 10.1. The largest absolute Gasteiger partial charge is 0.492 e. The van der Waals surface area contributed by atoms with Gasteiger partial charge >= 0.3 is 0 Å². The zero-order valence-corrected chi connectivity index (χ0v) is 9.63. The van der Waals surface area contributed by atoms with Crippen LogP contribution in [0, 0.1) is 0 Å². The molecule has 0 spiro atoms. The van der Waals surface area contributed by atoms with Gasteiger partial charge in [0.1, 0.15) is 11.6 Å². The Hall–Kier alpha value is -1.31. The summed E-state index contributed by atoms with van der Waals surface area (Å²) in [7, 11) is 0. The van der Waals surface area contributed by atoms with Crippen LogP contribution in [0.1, 0.15) is 37.3 Å². The van der Waals surface area contributed by atoms with E-state index in [1.807, 2.05) is 18.2 Å². The Labute approximate surface area is 95.9 Å². The van der Waals surface area contributed by atoms with E-state index in [2.05, 4.69) is 6.92 Å². The predicted octanol–water partition coefficient (Wildman–Crippen LogP) is 4.12. The van der Waals surface area contributed by atoms with Crippen LogP contribution in [0.5, 0.6) is 5.75 Å². The molecule has 2 rings (SSSR count). The van der Waals surface area contributed by atoms with Gasteiger partial charge in [-0.2, -0.15) is 0 Å². The lowest BCUT2D eigenvalue weighted by molar-refractivity contribution is 0.356. The Balaban J connectivity index is 2.18. The van der Waals surface area contributed by atoms with Gasteiger partial charge in [0, 0.05) is 12.0 Å². The first-order chi connectivity index (χ1) is 7.81. The molecule has 0 unspecified atom stereocenters. The summed E-state index contributed by atoms with van der Waals surface area (Å²) < 4.78 is 19.1. The van der Waals surface area contributed by atoms with Crippen LogP contribution in [0.15, 0.2) is 24.0 Å². The molecule has 1 aliphatic rings. The molecule has 0 N–H and O–H groups in total. The zero-order chi connectivity index (χ0) is 11.4. The van der Waals surface area contributed by atoms with E-state index in [-0.39, 0.29) is 5.83 Å². The number of halogens is 1. The molecule has 0 amide bonds. The molecule has 1 nitrogen and oxygen atoms in total. The maximum atomic E-state index is 13.5. The molecule has 1 heterocycles. The quantitative estimate of drug-likeness (QED) is 0.741. The molecule has 0 atom stereocenters. The minimum absolute atomic E-state index is 0.0502. The molecule has 2 heteroatoms. The van der Waals surface area contributed by atoms with Crippen LogP contribution >= 0.6 is 0 Å². The summed E-state index contributed by atoms with van der Waals surface area (Å²) >= 11 is 0. The monoisotopic (exact) mass is 220 g/mol. The fourth-order valence-electron chi connectivity index (χ4n) is 1.94. The number of rotatable bonds is 4. The molecular weight excluding hydrogens is 203 g/mol. The number of hydrogen-bond acceptors (Lipinski definition) is 1. The van der Waals surface area contributed by atoms with Crippen LogP contribution in [0.4, 0.5) is 4.39 Å². The Morgan fingerprint density at radius 3 is 3.19 bits per heavy atom. The smallest absolute Gasteiger partial charge is 0.129 e. The molecular formula is C14H17FO. The van der Waals surface area contributed by atoms with Crippen LogP contribution in [-0.4, -0.2) is 6.61 Å². The van der Waals surface area contributed by atoms with Gasteiger partial charge in [0.25, 0.3) is 0 Å². The van der Waals surface area contributed by atoms with Crippen LogP contribution in [0.3, 0.4) is 0 Å². The average Bonchev–Trinajstić information content (AvgIpc) is 2.75. The molecule has 0 saturated heterocycles. The second-order valence-electron chi connectivity index (χ2n) is 4.13. The Kier molecular flexibility index (Phi) is 3.60. The number of hydrogen-bond donors (Lipinski definition) is 0. The fourth-order valence-corrected chi connectivity index (χ4v) is 1.94. The van der Waals surface area contributed by atoms with Gasteiger partial charge in [-0.3, -0.25) is 0 Å². The molecule has 1 aliphatic heterocycles. The van der Waals surface area contributed by atoms with Gasteiger partial charge in [-0.15, -0.1) is 0 Å². The zero-order valence-electron chi connectivity index (χ0n) is 9.63.